The Balaban J connectivity index is 1.66. The highest BCUT2D eigenvalue weighted by molar-refractivity contribution is 6.17. The van der Waals surface area contributed by atoms with Crippen LogP contribution in [0.1, 0.15) is 26.3 Å². The lowest BCUT2D eigenvalue weighted by Crippen LogP contribution is -2.40. The quantitative estimate of drug-likeness (QED) is 0.505. The second kappa shape index (κ2) is 8.04. The Labute approximate surface area is 188 Å². The highest BCUT2D eigenvalue weighted by Crippen LogP contribution is 2.34. The SMILES string of the molecule is N#Cc1cc(-c2cc(C(N)=O)c3[nH]c4cc(C(=O)N5CCOCC5)ccc4c3c2)ccc1F. The molecular formula is C25H19FN4O3. The number of carbonyl (C=O) groups is 2. The minimum Gasteiger partial charge on any atom is -0.378 e. The van der Waals surface area contributed by atoms with Gasteiger partial charge in [-0.05, 0) is 47.5 Å². The van der Waals surface area contributed by atoms with Gasteiger partial charge >= 0.3 is 0 Å². The predicted molar refractivity (Wildman–Crippen MR) is 121 cm³/mol. The average Bonchev–Trinajstić information content (AvgIpc) is 3.21. The van der Waals surface area contributed by atoms with Gasteiger partial charge in [0.15, 0.2) is 0 Å². The number of nitrogens with two attached hydrogens (primary N) is 1. The summed E-state index contributed by atoms with van der Waals surface area (Å²) in [5, 5.41) is 10.7. The van der Waals surface area contributed by atoms with E-state index in [-0.39, 0.29) is 17.0 Å². The number of amides is 2. The maximum Gasteiger partial charge on any atom is 0.254 e. The molecule has 1 saturated heterocycles. The fourth-order valence-electron chi connectivity index (χ4n) is 4.24. The largest absolute Gasteiger partial charge is 0.378 e. The predicted octanol–water partition coefficient (Wildman–Crippen LogP) is 3.57. The minimum absolute atomic E-state index is 0.0787. The summed E-state index contributed by atoms with van der Waals surface area (Å²) in [5.74, 6) is -1.31. The van der Waals surface area contributed by atoms with Gasteiger partial charge in [-0.15, -0.1) is 0 Å². The highest BCUT2D eigenvalue weighted by Gasteiger charge is 2.20. The van der Waals surface area contributed by atoms with Crippen molar-refractivity contribution in [1.82, 2.24) is 9.88 Å². The van der Waals surface area contributed by atoms with Gasteiger partial charge in [0, 0.05) is 34.9 Å². The number of primary amides is 1. The molecule has 164 valence electrons. The maximum absolute atomic E-state index is 13.8. The van der Waals surface area contributed by atoms with Crippen LogP contribution in [0.3, 0.4) is 0 Å². The van der Waals surface area contributed by atoms with Gasteiger partial charge in [-0.2, -0.15) is 5.26 Å². The number of halogens is 1. The van der Waals surface area contributed by atoms with Gasteiger partial charge in [0.25, 0.3) is 11.8 Å². The van der Waals surface area contributed by atoms with Crippen molar-refractivity contribution in [3.63, 3.8) is 0 Å². The number of nitriles is 1. The monoisotopic (exact) mass is 442 g/mol. The van der Waals surface area contributed by atoms with Crippen molar-refractivity contribution in [3.8, 4) is 17.2 Å². The van der Waals surface area contributed by atoms with Crippen LogP contribution in [0.15, 0.2) is 48.5 Å². The molecule has 1 aliphatic rings. The number of nitrogens with zero attached hydrogens (tertiary/aromatic N) is 2. The maximum atomic E-state index is 13.8. The van der Waals surface area contributed by atoms with Crippen LogP contribution in [0.25, 0.3) is 32.9 Å². The van der Waals surface area contributed by atoms with Crippen LogP contribution in [0.2, 0.25) is 0 Å². The summed E-state index contributed by atoms with van der Waals surface area (Å²) in [7, 11) is 0. The fraction of sp³-hybridized carbons (Fsp3) is 0.160. The molecule has 8 heteroatoms. The van der Waals surface area contributed by atoms with E-state index in [4.69, 9.17) is 10.5 Å². The lowest BCUT2D eigenvalue weighted by Gasteiger charge is -2.26. The number of morpholine rings is 1. The zero-order valence-electron chi connectivity index (χ0n) is 17.5. The van der Waals surface area contributed by atoms with E-state index in [1.54, 1.807) is 29.2 Å². The Hall–Kier alpha value is -4.22. The third-order valence-electron chi connectivity index (χ3n) is 5.94. The summed E-state index contributed by atoms with van der Waals surface area (Å²) in [5.41, 5.74) is 8.84. The third kappa shape index (κ3) is 3.58. The number of benzene rings is 3. The zero-order chi connectivity index (χ0) is 23.1. The van der Waals surface area contributed by atoms with Crippen molar-refractivity contribution in [2.75, 3.05) is 26.3 Å². The molecule has 1 fully saturated rings. The number of H-pyrrole nitrogens is 1. The van der Waals surface area contributed by atoms with E-state index in [9.17, 15) is 19.2 Å². The Morgan fingerprint density at radius 1 is 1.03 bits per heavy atom. The number of ether oxygens (including phenoxy) is 1. The van der Waals surface area contributed by atoms with E-state index in [1.165, 1.54) is 12.1 Å². The Bertz CT molecular complexity index is 1480. The van der Waals surface area contributed by atoms with Crippen LogP contribution in [0, 0.1) is 17.1 Å². The van der Waals surface area contributed by atoms with Crippen LogP contribution >= 0.6 is 0 Å². The van der Waals surface area contributed by atoms with Crippen molar-refractivity contribution in [1.29, 1.82) is 5.26 Å². The van der Waals surface area contributed by atoms with Gasteiger partial charge in [-0.3, -0.25) is 9.59 Å². The van der Waals surface area contributed by atoms with E-state index >= 15 is 0 Å². The van der Waals surface area contributed by atoms with Crippen LogP contribution in [0.4, 0.5) is 4.39 Å². The Morgan fingerprint density at radius 3 is 2.55 bits per heavy atom. The molecule has 0 unspecified atom stereocenters. The Morgan fingerprint density at radius 2 is 1.82 bits per heavy atom. The van der Waals surface area contributed by atoms with E-state index in [0.29, 0.717) is 54.0 Å². The van der Waals surface area contributed by atoms with Crippen LogP contribution in [-0.2, 0) is 4.74 Å². The van der Waals surface area contributed by atoms with Gasteiger partial charge < -0.3 is 20.4 Å². The van der Waals surface area contributed by atoms with Gasteiger partial charge in [-0.1, -0.05) is 12.1 Å². The van der Waals surface area contributed by atoms with Crippen molar-refractivity contribution < 1.29 is 18.7 Å². The second-order valence-electron chi connectivity index (χ2n) is 7.91. The van der Waals surface area contributed by atoms with Crippen LogP contribution < -0.4 is 5.73 Å². The summed E-state index contributed by atoms with van der Waals surface area (Å²) in [4.78, 5) is 30.1. The average molecular weight is 442 g/mol. The number of aromatic amines is 1. The first-order valence-corrected chi connectivity index (χ1v) is 10.4. The first-order valence-electron chi connectivity index (χ1n) is 10.4. The molecule has 0 radical (unpaired) electrons. The summed E-state index contributed by atoms with van der Waals surface area (Å²) in [6.45, 7) is 2.12. The highest BCUT2D eigenvalue weighted by atomic mass is 19.1. The van der Waals surface area contributed by atoms with Crippen LogP contribution in [-0.4, -0.2) is 48.0 Å². The molecule has 0 atom stereocenters. The third-order valence-corrected chi connectivity index (χ3v) is 5.94. The number of rotatable bonds is 3. The molecule has 4 aromatic rings. The molecule has 0 saturated carbocycles. The van der Waals surface area contributed by atoms with E-state index in [1.807, 2.05) is 18.2 Å². The van der Waals surface area contributed by atoms with E-state index < -0.39 is 11.7 Å². The molecular weight excluding hydrogens is 423 g/mol. The molecule has 33 heavy (non-hydrogen) atoms. The smallest absolute Gasteiger partial charge is 0.254 e. The van der Waals surface area contributed by atoms with Gasteiger partial charge in [0.05, 0.1) is 29.9 Å². The van der Waals surface area contributed by atoms with Crippen molar-refractivity contribution >= 4 is 33.6 Å². The van der Waals surface area contributed by atoms with E-state index in [2.05, 4.69) is 4.98 Å². The molecule has 2 heterocycles. The number of fused-ring (bicyclic) bond motifs is 3. The normalized spacial score (nSPS) is 13.9. The second-order valence-corrected chi connectivity index (χ2v) is 7.91. The summed E-state index contributed by atoms with van der Waals surface area (Å²) < 4.78 is 19.1. The summed E-state index contributed by atoms with van der Waals surface area (Å²) >= 11 is 0. The topological polar surface area (TPSA) is 112 Å². The summed E-state index contributed by atoms with van der Waals surface area (Å²) in [6.07, 6.45) is 0. The van der Waals surface area contributed by atoms with Gasteiger partial charge in [-0.25, -0.2) is 4.39 Å². The molecule has 7 nitrogen and oxygen atoms in total. The molecule has 1 aliphatic heterocycles. The van der Waals surface area contributed by atoms with Crippen molar-refractivity contribution in [3.05, 3.63) is 71.0 Å². The first kappa shape index (κ1) is 20.7. The first-order chi connectivity index (χ1) is 16.0. The lowest BCUT2D eigenvalue weighted by atomic mass is 9.97. The molecule has 0 bridgehead atoms. The zero-order valence-corrected chi connectivity index (χ0v) is 17.5. The number of carbonyl (C=O) groups excluding carboxylic acids is 2. The molecule has 0 aliphatic carbocycles. The molecule has 1 aromatic heterocycles. The van der Waals surface area contributed by atoms with Crippen LogP contribution in [0.5, 0.6) is 0 Å². The molecule has 3 N–H and O–H groups in total. The van der Waals surface area contributed by atoms with Gasteiger partial charge in [0.2, 0.25) is 0 Å². The number of nitrogens with one attached hydrogen (secondary N) is 1. The number of hydrogen-bond donors (Lipinski definition) is 2. The molecule has 3 aromatic carbocycles. The lowest BCUT2D eigenvalue weighted by molar-refractivity contribution is 0.0303. The summed E-state index contributed by atoms with van der Waals surface area (Å²) in [6, 6.07) is 14.9. The Kier molecular flexibility index (Phi) is 5.04. The van der Waals surface area contributed by atoms with Crippen molar-refractivity contribution in [2.45, 2.75) is 0 Å². The standard InChI is InChI=1S/C25H19FN4O3/c26-21-4-2-14(9-17(21)13-27)16-10-19-18-3-1-15(25(32)30-5-7-33-8-6-30)12-22(18)29-23(19)20(11-16)24(28)31/h1-4,9-12,29H,5-8H2,(H2,28,31). The minimum atomic E-state index is -0.624. The molecule has 0 spiro atoms. The number of aromatic nitrogens is 1. The van der Waals surface area contributed by atoms with Gasteiger partial charge in [0.1, 0.15) is 11.9 Å². The van der Waals surface area contributed by atoms with E-state index in [0.717, 1.165) is 10.8 Å². The molecule has 2 amide bonds. The number of hydrogen-bond acceptors (Lipinski definition) is 4. The fourth-order valence-corrected chi connectivity index (χ4v) is 4.24. The van der Waals surface area contributed by atoms with Crippen molar-refractivity contribution in [2.24, 2.45) is 5.73 Å². The molecule has 5 rings (SSSR count).